The van der Waals surface area contributed by atoms with Gasteiger partial charge in [-0.15, -0.1) is 0 Å². The molecule has 0 amide bonds. The van der Waals surface area contributed by atoms with Crippen LogP contribution in [-0.2, 0) is 28.6 Å². The lowest BCUT2D eigenvalue weighted by Gasteiger charge is -2.18. The van der Waals surface area contributed by atoms with E-state index >= 15 is 0 Å². The van der Waals surface area contributed by atoms with Crippen LogP contribution in [0.15, 0.2) is 48.6 Å². The Balaban J connectivity index is 4.34. The molecule has 0 aromatic carbocycles. The lowest BCUT2D eigenvalue weighted by Crippen LogP contribution is -2.30. The van der Waals surface area contributed by atoms with E-state index in [-0.39, 0.29) is 31.1 Å². The molecule has 0 saturated carbocycles. The van der Waals surface area contributed by atoms with Gasteiger partial charge in [-0.2, -0.15) is 0 Å². The number of rotatable bonds is 50. The van der Waals surface area contributed by atoms with Gasteiger partial charge in [-0.05, 0) is 77.0 Å². The van der Waals surface area contributed by atoms with E-state index in [4.69, 9.17) is 14.2 Å². The van der Waals surface area contributed by atoms with E-state index in [1.54, 1.807) is 0 Å². The summed E-state index contributed by atoms with van der Waals surface area (Å²) in [7, 11) is 0. The molecular formula is C58H104O6. The quantitative estimate of drug-likeness (QED) is 0.0262. The third-order valence-electron chi connectivity index (χ3n) is 12.1. The monoisotopic (exact) mass is 897 g/mol. The van der Waals surface area contributed by atoms with Crippen molar-refractivity contribution in [3.8, 4) is 0 Å². The summed E-state index contributed by atoms with van der Waals surface area (Å²) >= 11 is 0. The molecule has 0 saturated heterocycles. The highest BCUT2D eigenvalue weighted by molar-refractivity contribution is 5.71. The minimum atomic E-state index is -0.788. The van der Waals surface area contributed by atoms with Crippen LogP contribution in [0.1, 0.15) is 284 Å². The maximum Gasteiger partial charge on any atom is 0.306 e. The molecular weight excluding hydrogens is 793 g/mol. The van der Waals surface area contributed by atoms with Crippen molar-refractivity contribution < 1.29 is 28.6 Å². The summed E-state index contributed by atoms with van der Waals surface area (Å²) in [6.45, 7) is 6.50. The molecule has 0 bridgehead atoms. The van der Waals surface area contributed by atoms with Crippen molar-refractivity contribution in [2.24, 2.45) is 0 Å². The highest BCUT2D eigenvalue weighted by Gasteiger charge is 2.19. The van der Waals surface area contributed by atoms with Gasteiger partial charge in [0.1, 0.15) is 13.2 Å². The topological polar surface area (TPSA) is 78.9 Å². The largest absolute Gasteiger partial charge is 0.462 e. The zero-order valence-corrected chi connectivity index (χ0v) is 42.6. The third-order valence-corrected chi connectivity index (χ3v) is 12.1. The van der Waals surface area contributed by atoms with E-state index in [2.05, 4.69) is 69.4 Å². The van der Waals surface area contributed by atoms with Gasteiger partial charge >= 0.3 is 17.9 Å². The predicted molar refractivity (Wildman–Crippen MR) is 275 cm³/mol. The Morgan fingerprint density at radius 1 is 0.328 bits per heavy atom. The number of hydrogen-bond donors (Lipinski definition) is 0. The molecule has 0 rings (SSSR count). The first kappa shape index (κ1) is 61.4. The summed E-state index contributed by atoms with van der Waals surface area (Å²) in [4.78, 5) is 38.0. The minimum Gasteiger partial charge on any atom is -0.462 e. The first-order valence-corrected chi connectivity index (χ1v) is 27.6. The lowest BCUT2D eigenvalue weighted by molar-refractivity contribution is -0.167. The van der Waals surface area contributed by atoms with E-state index in [0.717, 1.165) is 77.0 Å². The molecule has 0 N–H and O–H groups in total. The Morgan fingerprint density at radius 3 is 1.02 bits per heavy atom. The van der Waals surface area contributed by atoms with Gasteiger partial charge in [0, 0.05) is 19.3 Å². The molecule has 0 aliphatic rings. The fourth-order valence-electron chi connectivity index (χ4n) is 7.92. The number of ether oxygens (including phenoxy) is 3. The maximum atomic E-state index is 12.8. The van der Waals surface area contributed by atoms with Crippen molar-refractivity contribution in [2.45, 2.75) is 290 Å². The molecule has 372 valence electrons. The molecule has 0 aliphatic heterocycles. The second-order valence-electron chi connectivity index (χ2n) is 18.5. The van der Waals surface area contributed by atoms with Crippen molar-refractivity contribution in [1.82, 2.24) is 0 Å². The zero-order valence-electron chi connectivity index (χ0n) is 42.6. The normalized spacial score (nSPS) is 12.4. The highest BCUT2D eigenvalue weighted by Crippen LogP contribution is 2.16. The van der Waals surface area contributed by atoms with Crippen LogP contribution < -0.4 is 0 Å². The Kier molecular flexibility index (Phi) is 50.8. The van der Waals surface area contributed by atoms with Gasteiger partial charge in [0.25, 0.3) is 0 Å². The fraction of sp³-hybridized carbons (Fsp3) is 0.810. The average molecular weight is 897 g/mol. The van der Waals surface area contributed by atoms with Gasteiger partial charge in [-0.3, -0.25) is 14.4 Å². The van der Waals surface area contributed by atoms with E-state index in [1.807, 2.05) is 0 Å². The molecule has 0 heterocycles. The fourth-order valence-corrected chi connectivity index (χ4v) is 7.92. The van der Waals surface area contributed by atoms with Gasteiger partial charge in [-0.1, -0.05) is 236 Å². The Labute approximate surface area is 397 Å². The summed E-state index contributed by atoms with van der Waals surface area (Å²) in [6, 6.07) is 0. The smallest absolute Gasteiger partial charge is 0.306 e. The van der Waals surface area contributed by atoms with Crippen LogP contribution in [0.5, 0.6) is 0 Å². The number of allylic oxidation sites excluding steroid dienone is 8. The summed E-state index contributed by atoms with van der Waals surface area (Å²) in [5.41, 5.74) is 0. The first-order chi connectivity index (χ1) is 31.5. The number of carbonyl (C=O) groups is 3. The van der Waals surface area contributed by atoms with Crippen molar-refractivity contribution in [3.05, 3.63) is 48.6 Å². The van der Waals surface area contributed by atoms with Crippen LogP contribution in [0.4, 0.5) is 0 Å². The summed E-state index contributed by atoms with van der Waals surface area (Å²) in [5, 5.41) is 0. The third kappa shape index (κ3) is 50.4. The van der Waals surface area contributed by atoms with Crippen LogP contribution >= 0.6 is 0 Å². The molecule has 6 nitrogen and oxygen atoms in total. The van der Waals surface area contributed by atoms with Gasteiger partial charge in [-0.25, -0.2) is 0 Å². The Morgan fingerprint density at radius 2 is 0.609 bits per heavy atom. The summed E-state index contributed by atoms with van der Waals surface area (Å²) in [6.07, 6.45) is 63.9. The predicted octanol–water partition coefficient (Wildman–Crippen LogP) is 18.3. The molecule has 6 heteroatoms. The molecule has 64 heavy (non-hydrogen) atoms. The van der Waals surface area contributed by atoms with Crippen LogP contribution in [0.2, 0.25) is 0 Å². The Bertz CT molecular complexity index is 1120. The van der Waals surface area contributed by atoms with Gasteiger partial charge in [0.15, 0.2) is 6.10 Å². The molecule has 1 unspecified atom stereocenters. The maximum absolute atomic E-state index is 12.8. The summed E-state index contributed by atoms with van der Waals surface area (Å²) in [5.74, 6) is -0.918. The molecule has 0 aliphatic carbocycles. The zero-order chi connectivity index (χ0) is 46.5. The SMILES string of the molecule is CC/C=C\C/C=C\C/C=C\CCCCC(=O)OCC(COC(=O)CCCCCCCCCCCCCCCCCCCCC)OC(=O)CCCCCCCCC/C=C\CCCCCC. The Hall–Kier alpha value is -2.63. The number of carbonyl (C=O) groups excluding carboxylic acids is 3. The summed E-state index contributed by atoms with van der Waals surface area (Å²) < 4.78 is 16.8. The van der Waals surface area contributed by atoms with E-state index in [9.17, 15) is 14.4 Å². The molecule has 0 radical (unpaired) electrons. The number of esters is 3. The van der Waals surface area contributed by atoms with Crippen molar-refractivity contribution in [2.75, 3.05) is 13.2 Å². The lowest BCUT2D eigenvalue weighted by atomic mass is 10.0. The van der Waals surface area contributed by atoms with Crippen LogP contribution in [0.25, 0.3) is 0 Å². The van der Waals surface area contributed by atoms with Crippen LogP contribution in [0, 0.1) is 0 Å². The number of unbranched alkanes of at least 4 members (excludes halogenated alkanes) is 31. The second kappa shape index (κ2) is 53.0. The van der Waals surface area contributed by atoms with Crippen LogP contribution in [0.3, 0.4) is 0 Å². The molecule has 0 aromatic heterocycles. The second-order valence-corrected chi connectivity index (χ2v) is 18.5. The van der Waals surface area contributed by atoms with Gasteiger partial charge < -0.3 is 14.2 Å². The van der Waals surface area contributed by atoms with E-state index < -0.39 is 6.10 Å². The minimum absolute atomic E-state index is 0.0842. The first-order valence-electron chi connectivity index (χ1n) is 27.6. The van der Waals surface area contributed by atoms with Crippen molar-refractivity contribution in [1.29, 1.82) is 0 Å². The van der Waals surface area contributed by atoms with E-state index in [0.29, 0.717) is 19.3 Å². The van der Waals surface area contributed by atoms with E-state index in [1.165, 1.54) is 167 Å². The molecule has 0 aromatic rings. The van der Waals surface area contributed by atoms with Gasteiger partial charge in [0.2, 0.25) is 0 Å². The molecule has 0 fully saturated rings. The van der Waals surface area contributed by atoms with Crippen molar-refractivity contribution >= 4 is 17.9 Å². The van der Waals surface area contributed by atoms with Crippen molar-refractivity contribution in [3.63, 3.8) is 0 Å². The molecule has 1 atom stereocenters. The van der Waals surface area contributed by atoms with Crippen LogP contribution in [-0.4, -0.2) is 37.2 Å². The number of hydrogen-bond acceptors (Lipinski definition) is 6. The van der Waals surface area contributed by atoms with Gasteiger partial charge in [0.05, 0.1) is 0 Å². The average Bonchev–Trinajstić information content (AvgIpc) is 3.29. The highest BCUT2D eigenvalue weighted by atomic mass is 16.6. The standard InChI is InChI=1S/C58H104O6/c1-4-7-10-13-16-19-22-25-27-28-29-30-32-33-36-39-42-45-48-51-57(60)63-54-55(53-62-56(59)50-47-44-41-38-35-24-21-18-15-12-9-6-3)64-58(61)52-49-46-43-40-37-34-31-26-23-20-17-14-11-8-5-2/h9,12,18,20-21,23,35,38,55H,4-8,10-11,13-17,19,22,24-34,36-37,39-54H2,1-3H3/b12-9-,21-18-,23-20-,38-35-. The molecule has 0 spiro atoms.